The van der Waals surface area contributed by atoms with E-state index in [-0.39, 0.29) is 29.9 Å². The van der Waals surface area contributed by atoms with E-state index in [9.17, 15) is 9.90 Å². The number of carbonyl (C=O) groups is 1. The molecule has 0 bridgehead atoms. The average molecular weight is 277 g/mol. The van der Waals surface area contributed by atoms with Gasteiger partial charge in [0, 0.05) is 17.7 Å². The largest absolute Gasteiger partial charge is 0.508 e. The third-order valence-electron chi connectivity index (χ3n) is 4.45. The molecule has 2 fully saturated rings. The topological polar surface area (TPSA) is 78.8 Å². The number of amides is 1. The van der Waals surface area contributed by atoms with E-state index >= 15 is 0 Å². The first-order valence-corrected chi connectivity index (χ1v) is 7.01. The summed E-state index contributed by atoms with van der Waals surface area (Å²) in [6.45, 7) is 0.409. The number of phenols is 1. The highest BCUT2D eigenvalue weighted by atomic mass is 16.5. The van der Waals surface area contributed by atoms with Crippen LogP contribution in [0, 0.1) is 0 Å². The molecule has 2 aliphatic rings. The normalized spacial score (nSPS) is 28.4. The van der Waals surface area contributed by atoms with Gasteiger partial charge in [-0.25, -0.2) is 0 Å². The third-order valence-corrected chi connectivity index (χ3v) is 4.45. The number of aliphatic hydroxyl groups excluding tert-OH is 1. The number of benzene rings is 1. The minimum atomic E-state index is -0.288. The molecule has 108 valence electrons. The van der Waals surface area contributed by atoms with E-state index < -0.39 is 0 Å². The van der Waals surface area contributed by atoms with Gasteiger partial charge in [-0.15, -0.1) is 0 Å². The molecule has 3 rings (SSSR count). The van der Waals surface area contributed by atoms with Crippen molar-refractivity contribution in [2.24, 2.45) is 0 Å². The lowest BCUT2D eigenvalue weighted by Gasteiger charge is -2.29. The fourth-order valence-electron chi connectivity index (χ4n) is 3.31. The number of aromatic hydroxyl groups is 1. The molecule has 1 aliphatic heterocycles. The molecule has 1 saturated carbocycles. The van der Waals surface area contributed by atoms with E-state index in [1.165, 1.54) is 12.1 Å². The standard InChI is InChI=1S/C15H19NO4/c17-9-11-8-10(3-4-12(11)18)14(19)16-15-5-1-2-13(15)20-7-6-15/h3-4,8,13,17-18H,1-2,5-7,9H2,(H,16,19)/t13-,15+/m1/s1. The Morgan fingerprint density at radius 3 is 3.10 bits per heavy atom. The van der Waals surface area contributed by atoms with Crippen molar-refractivity contribution in [3.05, 3.63) is 29.3 Å². The molecule has 1 aromatic carbocycles. The summed E-state index contributed by atoms with van der Waals surface area (Å²) < 4.78 is 5.69. The van der Waals surface area contributed by atoms with Crippen molar-refractivity contribution >= 4 is 5.91 Å². The van der Waals surface area contributed by atoms with Crippen LogP contribution in [0.3, 0.4) is 0 Å². The molecule has 3 N–H and O–H groups in total. The molecule has 1 aliphatic carbocycles. The lowest BCUT2D eigenvalue weighted by molar-refractivity contribution is 0.0717. The minimum absolute atomic E-state index is 0.00477. The second kappa shape index (κ2) is 5.07. The molecule has 1 amide bonds. The second-order valence-electron chi connectivity index (χ2n) is 5.61. The fraction of sp³-hybridized carbons (Fsp3) is 0.533. The summed E-state index contributed by atoms with van der Waals surface area (Å²) in [6, 6.07) is 4.54. The Morgan fingerprint density at radius 1 is 1.45 bits per heavy atom. The SMILES string of the molecule is O=C(N[C@]12CCC[C@H]1OCC2)c1ccc(O)c(CO)c1. The first-order valence-electron chi connectivity index (χ1n) is 7.01. The summed E-state index contributed by atoms with van der Waals surface area (Å²) in [6.07, 6.45) is 4.00. The smallest absolute Gasteiger partial charge is 0.251 e. The number of fused-ring (bicyclic) bond motifs is 1. The Labute approximate surface area is 117 Å². The fourth-order valence-corrected chi connectivity index (χ4v) is 3.31. The molecular formula is C15H19NO4. The van der Waals surface area contributed by atoms with Gasteiger partial charge in [-0.05, 0) is 43.9 Å². The molecule has 20 heavy (non-hydrogen) atoms. The summed E-state index contributed by atoms with van der Waals surface area (Å²) >= 11 is 0. The summed E-state index contributed by atoms with van der Waals surface area (Å²) in [4.78, 5) is 12.4. The number of rotatable bonds is 3. The van der Waals surface area contributed by atoms with E-state index in [1.807, 2.05) is 0 Å². The van der Waals surface area contributed by atoms with E-state index in [0.29, 0.717) is 17.7 Å². The van der Waals surface area contributed by atoms with Crippen LogP contribution < -0.4 is 5.32 Å². The van der Waals surface area contributed by atoms with Gasteiger partial charge in [-0.3, -0.25) is 4.79 Å². The van der Waals surface area contributed by atoms with Crippen LogP contribution in [-0.4, -0.2) is 34.4 Å². The van der Waals surface area contributed by atoms with E-state index in [0.717, 1.165) is 25.7 Å². The highest BCUT2D eigenvalue weighted by Gasteiger charge is 2.48. The van der Waals surface area contributed by atoms with Gasteiger partial charge < -0.3 is 20.3 Å². The van der Waals surface area contributed by atoms with Crippen LogP contribution in [-0.2, 0) is 11.3 Å². The van der Waals surface area contributed by atoms with Crippen molar-refractivity contribution < 1.29 is 19.7 Å². The molecule has 5 heteroatoms. The zero-order valence-electron chi connectivity index (χ0n) is 11.3. The lowest BCUT2D eigenvalue weighted by atomic mass is 9.93. The van der Waals surface area contributed by atoms with Gasteiger partial charge in [-0.2, -0.15) is 0 Å². The predicted octanol–water partition coefficient (Wildman–Crippen LogP) is 1.33. The number of carbonyl (C=O) groups excluding carboxylic acids is 1. The van der Waals surface area contributed by atoms with E-state index in [2.05, 4.69) is 5.32 Å². The number of hydrogen-bond acceptors (Lipinski definition) is 4. The zero-order chi connectivity index (χ0) is 14.2. The Bertz CT molecular complexity index is 519. The van der Waals surface area contributed by atoms with Crippen LogP contribution in [0.1, 0.15) is 41.6 Å². The highest BCUT2D eigenvalue weighted by molar-refractivity contribution is 5.95. The van der Waals surface area contributed by atoms with Crippen LogP contribution in [0.15, 0.2) is 18.2 Å². The Kier molecular flexibility index (Phi) is 3.40. The maximum absolute atomic E-state index is 12.4. The molecule has 0 unspecified atom stereocenters. The summed E-state index contributed by atoms with van der Waals surface area (Å²) in [7, 11) is 0. The van der Waals surface area contributed by atoms with E-state index in [1.54, 1.807) is 6.07 Å². The van der Waals surface area contributed by atoms with Crippen molar-refractivity contribution in [1.29, 1.82) is 0 Å². The van der Waals surface area contributed by atoms with Crippen LogP contribution in [0.2, 0.25) is 0 Å². The molecule has 0 radical (unpaired) electrons. The monoisotopic (exact) mass is 277 g/mol. The van der Waals surface area contributed by atoms with Crippen LogP contribution >= 0.6 is 0 Å². The molecule has 0 aromatic heterocycles. The van der Waals surface area contributed by atoms with Gasteiger partial charge in [0.15, 0.2) is 0 Å². The van der Waals surface area contributed by atoms with Crippen LogP contribution in [0.4, 0.5) is 0 Å². The zero-order valence-corrected chi connectivity index (χ0v) is 11.3. The van der Waals surface area contributed by atoms with Gasteiger partial charge in [0.05, 0.1) is 18.2 Å². The predicted molar refractivity (Wildman–Crippen MR) is 72.4 cm³/mol. The molecule has 1 saturated heterocycles. The molecule has 0 spiro atoms. The minimum Gasteiger partial charge on any atom is -0.508 e. The van der Waals surface area contributed by atoms with Crippen LogP contribution in [0.5, 0.6) is 5.75 Å². The molecule has 1 aromatic rings. The summed E-state index contributed by atoms with van der Waals surface area (Å²) in [5, 5.41) is 21.8. The van der Waals surface area contributed by atoms with Crippen LogP contribution in [0.25, 0.3) is 0 Å². The first kappa shape index (κ1) is 13.4. The maximum Gasteiger partial charge on any atom is 0.251 e. The highest BCUT2D eigenvalue weighted by Crippen LogP contribution is 2.40. The average Bonchev–Trinajstić information content (AvgIpc) is 2.98. The first-order chi connectivity index (χ1) is 9.64. The van der Waals surface area contributed by atoms with Gasteiger partial charge in [0.2, 0.25) is 0 Å². The lowest BCUT2D eigenvalue weighted by Crippen LogP contribution is -2.50. The van der Waals surface area contributed by atoms with Gasteiger partial charge in [0.25, 0.3) is 5.91 Å². The van der Waals surface area contributed by atoms with Gasteiger partial charge >= 0.3 is 0 Å². The summed E-state index contributed by atoms with van der Waals surface area (Å²) in [5.74, 6) is -0.165. The van der Waals surface area contributed by atoms with Gasteiger partial charge in [0.1, 0.15) is 5.75 Å². The Balaban J connectivity index is 1.79. The van der Waals surface area contributed by atoms with Crippen molar-refractivity contribution in [1.82, 2.24) is 5.32 Å². The Morgan fingerprint density at radius 2 is 2.30 bits per heavy atom. The maximum atomic E-state index is 12.4. The molecular weight excluding hydrogens is 258 g/mol. The van der Waals surface area contributed by atoms with Crippen molar-refractivity contribution in [3.63, 3.8) is 0 Å². The number of ether oxygens (including phenoxy) is 1. The Hall–Kier alpha value is -1.59. The van der Waals surface area contributed by atoms with Crippen molar-refractivity contribution in [2.45, 2.75) is 43.9 Å². The van der Waals surface area contributed by atoms with Crippen molar-refractivity contribution in [3.8, 4) is 5.75 Å². The van der Waals surface area contributed by atoms with Crippen molar-refractivity contribution in [2.75, 3.05) is 6.61 Å². The summed E-state index contributed by atoms with van der Waals surface area (Å²) in [5.41, 5.74) is 0.591. The number of aliphatic hydroxyl groups is 1. The number of nitrogens with one attached hydrogen (secondary N) is 1. The quantitative estimate of drug-likeness (QED) is 0.778. The molecule has 5 nitrogen and oxygen atoms in total. The number of hydrogen-bond donors (Lipinski definition) is 3. The van der Waals surface area contributed by atoms with E-state index in [4.69, 9.17) is 9.84 Å². The van der Waals surface area contributed by atoms with Gasteiger partial charge in [-0.1, -0.05) is 0 Å². The second-order valence-corrected chi connectivity index (χ2v) is 5.61. The molecule has 2 atom stereocenters. The molecule has 1 heterocycles. The third kappa shape index (κ3) is 2.17.